The average molecular weight is 243 g/mol. The predicted molar refractivity (Wildman–Crippen MR) is 76.2 cm³/mol. The summed E-state index contributed by atoms with van der Waals surface area (Å²) in [7, 11) is 0. The molecule has 1 N–H and O–H groups in total. The van der Waals surface area contributed by atoms with E-state index >= 15 is 0 Å². The van der Waals surface area contributed by atoms with Crippen LogP contribution in [0.2, 0.25) is 0 Å². The first-order valence-corrected chi connectivity index (χ1v) is 7.69. The van der Waals surface area contributed by atoms with E-state index < -0.39 is 0 Å². The van der Waals surface area contributed by atoms with Gasteiger partial charge in [0, 0.05) is 12.3 Å². The van der Waals surface area contributed by atoms with Gasteiger partial charge in [0.15, 0.2) is 0 Å². The van der Waals surface area contributed by atoms with Crippen molar-refractivity contribution in [3.63, 3.8) is 0 Å². The van der Waals surface area contributed by atoms with Crippen LogP contribution >= 0.6 is 12.6 Å². The third kappa shape index (κ3) is 5.58. The van der Waals surface area contributed by atoms with Gasteiger partial charge < -0.3 is 5.32 Å². The quantitative estimate of drug-likeness (QED) is 0.513. The summed E-state index contributed by atoms with van der Waals surface area (Å²) in [6.45, 7) is 7.10. The van der Waals surface area contributed by atoms with Crippen molar-refractivity contribution in [1.29, 1.82) is 0 Å². The van der Waals surface area contributed by atoms with Crippen LogP contribution in [-0.2, 0) is 0 Å². The molecule has 0 radical (unpaired) electrons. The fourth-order valence-corrected chi connectivity index (χ4v) is 3.18. The molecule has 0 bridgehead atoms. The van der Waals surface area contributed by atoms with Gasteiger partial charge in [-0.15, -0.1) is 0 Å². The van der Waals surface area contributed by atoms with Gasteiger partial charge in [0.1, 0.15) is 0 Å². The highest BCUT2D eigenvalue weighted by Crippen LogP contribution is 2.35. The zero-order chi connectivity index (χ0) is 11.8. The molecule has 0 aromatic carbocycles. The van der Waals surface area contributed by atoms with Gasteiger partial charge in [-0.1, -0.05) is 33.1 Å². The van der Waals surface area contributed by atoms with E-state index in [0.29, 0.717) is 0 Å². The first kappa shape index (κ1) is 14.4. The van der Waals surface area contributed by atoms with E-state index in [2.05, 4.69) is 31.8 Å². The lowest BCUT2D eigenvalue weighted by Crippen LogP contribution is -2.22. The molecule has 2 heteroatoms. The highest BCUT2D eigenvalue weighted by molar-refractivity contribution is 7.80. The van der Waals surface area contributed by atoms with Crippen LogP contribution in [0.4, 0.5) is 0 Å². The minimum Gasteiger partial charge on any atom is -0.316 e. The zero-order valence-electron chi connectivity index (χ0n) is 11.0. The Kier molecular flexibility index (Phi) is 7.55. The van der Waals surface area contributed by atoms with Crippen molar-refractivity contribution < 1.29 is 0 Å². The summed E-state index contributed by atoms with van der Waals surface area (Å²) in [6.07, 6.45) is 8.60. The predicted octanol–water partition coefficient (Wildman–Crippen LogP) is 3.75. The average Bonchev–Trinajstić information content (AvgIpc) is 2.26. The third-order valence-corrected chi connectivity index (χ3v) is 4.30. The number of hydrogen-bond acceptors (Lipinski definition) is 2. The zero-order valence-corrected chi connectivity index (χ0v) is 11.9. The summed E-state index contributed by atoms with van der Waals surface area (Å²) in [6, 6.07) is 0. The monoisotopic (exact) mass is 243 g/mol. The number of unbranched alkanes of at least 4 members (excludes halogenated alkanes) is 1. The Morgan fingerprint density at radius 3 is 2.62 bits per heavy atom. The topological polar surface area (TPSA) is 12.0 Å². The Labute approximate surface area is 107 Å². The minimum atomic E-state index is 0.956. The highest BCUT2D eigenvalue weighted by atomic mass is 32.1. The van der Waals surface area contributed by atoms with Gasteiger partial charge in [-0.05, 0) is 43.6 Å². The Morgan fingerprint density at radius 1 is 1.12 bits per heavy atom. The van der Waals surface area contributed by atoms with Crippen molar-refractivity contribution in [3.8, 4) is 0 Å². The molecule has 1 fully saturated rings. The van der Waals surface area contributed by atoms with Crippen LogP contribution in [0.3, 0.4) is 0 Å². The normalized spacial score (nSPS) is 30.6. The maximum atomic E-state index is 4.19. The maximum Gasteiger partial charge on any atom is 0.00397 e. The van der Waals surface area contributed by atoms with Gasteiger partial charge in [-0.3, -0.25) is 0 Å². The molecule has 1 aliphatic rings. The van der Waals surface area contributed by atoms with Gasteiger partial charge in [0.05, 0.1) is 0 Å². The molecule has 0 saturated heterocycles. The SMILES string of the molecule is C[C@H]1CC[C@H](CCCCNCCS)[C@H](C)C1. The van der Waals surface area contributed by atoms with Gasteiger partial charge in [0.25, 0.3) is 0 Å². The Balaban J connectivity index is 2.00. The Morgan fingerprint density at radius 2 is 1.94 bits per heavy atom. The second-order valence-corrected chi connectivity index (χ2v) is 6.07. The Bertz CT molecular complexity index is 172. The van der Waals surface area contributed by atoms with Gasteiger partial charge in [-0.25, -0.2) is 0 Å². The van der Waals surface area contributed by atoms with E-state index in [4.69, 9.17) is 0 Å². The fourth-order valence-electron chi connectivity index (χ4n) is 3.02. The first-order chi connectivity index (χ1) is 7.74. The minimum absolute atomic E-state index is 0.956. The highest BCUT2D eigenvalue weighted by Gasteiger charge is 2.24. The Hall–Kier alpha value is 0.310. The molecule has 0 heterocycles. The summed E-state index contributed by atoms with van der Waals surface area (Å²) in [5.74, 6) is 3.91. The van der Waals surface area contributed by atoms with E-state index in [1.165, 1.54) is 45.1 Å². The lowest BCUT2D eigenvalue weighted by Gasteiger charge is -2.32. The van der Waals surface area contributed by atoms with Gasteiger partial charge in [-0.2, -0.15) is 12.6 Å². The molecule has 0 aromatic rings. The summed E-state index contributed by atoms with van der Waals surface area (Å²) in [5.41, 5.74) is 0. The van der Waals surface area contributed by atoms with Crippen LogP contribution in [-0.4, -0.2) is 18.8 Å². The van der Waals surface area contributed by atoms with Crippen LogP contribution in [0, 0.1) is 17.8 Å². The van der Waals surface area contributed by atoms with Crippen LogP contribution < -0.4 is 5.32 Å². The van der Waals surface area contributed by atoms with E-state index in [1.807, 2.05) is 0 Å². The second kappa shape index (κ2) is 8.41. The largest absolute Gasteiger partial charge is 0.316 e. The number of nitrogens with one attached hydrogen (secondary N) is 1. The van der Waals surface area contributed by atoms with E-state index in [9.17, 15) is 0 Å². The van der Waals surface area contributed by atoms with E-state index in [1.54, 1.807) is 0 Å². The van der Waals surface area contributed by atoms with Crippen molar-refractivity contribution in [2.45, 2.75) is 52.4 Å². The van der Waals surface area contributed by atoms with Crippen molar-refractivity contribution in [2.24, 2.45) is 17.8 Å². The second-order valence-electron chi connectivity index (χ2n) is 5.62. The molecule has 1 nitrogen and oxygen atoms in total. The van der Waals surface area contributed by atoms with Gasteiger partial charge in [0.2, 0.25) is 0 Å². The van der Waals surface area contributed by atoms with Crippen LogP contribution in [0.1, 0.15) is 52.4 Å². The van der Waals surface area contributed by atoms with E-state index in [-0.39, 0.29) is 0 Å². The smallest absolute Gasteiger partial charge is 0.00397 e. The summed E-state index contributed by atoms with van der Waals surface area (Å²) < 4.78 is 0. The lowest BCUT2D eigenvalue weighted by atomic mass is 9.74. The maximum absolute atomic E-state index is 4.19. The molecule has 1 aliphatic carbocycles. The van der Waals surface area contributed by atoms with Crippen molar-refractivity contribution in [1.82, 2.24) is 5.32 Å². The molecule has 0 unspecified atom stereocenters. The van der Waals surface area contributed by atoms with Crippen LogP contribution in [0.5, 0.6) is 0 Å². The number of thiol groups is 1. The van der Waals surface area contributed by atoms with Crippen molar-refractivity contribution in [2.75, 3.05) is 18.8 Å². The number of hydrogen-bond donors (Lipinski definition) is 2. The first-order valence-electron chi connectivity index (χ1n) is 7.05. The molecule has 0 aliphatic heterocycles. The molecule has 1 saturated carbocycles. The lowest BCUT2D eigenvalue weighted by molar-refractivity contribution is 0.191. The molecule has 0 aromatic heterocycles. The molecular formula is C14H29NS. The molecular weight excluding hydrogens is 214 g/mol. The van der Waals surface area contributed by atoms with Crippen molar-refractivity contribution >= 4 is 12.6 Å². The fraction of sp³-hybridized carbons (Fsp3) is 1.00. The van der Waals surface area contributed by atoms with Gasteiger partial charge >= 0.3 is 0 Å². The molecule has 0 spiro atoms. The molecule has 3 atom stereocenters. The molecule has 96 valence electrons. The van der Waals surface area contributed by atoms with E-state index in [0.717, 1.165) is 30.1 Å². The summed E-state index contributed by atoms with van der Waals surface area (Å²) >= 11 is 4.19. The third-order valence-electron chi connectivity index (χ3n) is 4.08. The van der Waals surface area contributed by atoms with Crippen molar-refractivity contribution in [3.05, 3.63) is 0 Å². The standard InChI is InChI=1S/C14H29NS/c1-12-6-7-14(13(2)11-12)5-3-4-8-15-9-10-16/h12-16H,3-11H2,1-2H3/t12-,13+,14-/m0/s1. The van der Waals surface area contributed by atoms with Crippen LogP contribution in [0.15, 0.2) is 0 Å². The molecule has 1 rings (SSSR count). The molecule has 16 heavy (non-hydrogen) atoms. The molecule has 0 amide bonds. The summed E-state index contributed by atoms with van der Waals surface area (Å²) in [5, 5.41) is 3.41. The van der Waals surface area contributed by atoms with Crippen LogP contribution in [0.25, 0.3) is 0 Å². The summed E-state index contributed by atoms with van der Waals surface area (Å²) in [4.78, 5) is 0. The number of rotatable bonds is 7.